The molecule has 0 aliphatic carbocycles. The van der Waals surface area contributed by atoms with Crippen LogP contribution in [0.3, 0.4) is 0 Å². The van der Waals surface area contributed by atoms with E-state index in [0.717, 1.165) is 9.13 Å². The molecule has 0 bridgehead atoms. The minimum absolute atomic E-state index is 0.141. The summed E-state index contributed by atoms with van der Waals surface area (Å²) in [6.07, 6.45) is 0. The van der Waals surface area contributed by atoms with Crippen molar-refractivity contribution in [2.75, 3.05) is 5.32 Å². The second kappa shape index (κ2) is 8.81. The highest BCUT2D eigenvalue weighted by Crippen LogP contribution is 2.20. The maximum absolute atomic E-state index is 12.8. The first-order valence-corrected chi connectivity index (χ1v) is 9.65. The van der Waals surface area contributed by atoms with Gasteiger partial charge in [-0.15, -0.1) is 0 Å². The Morgan fingerprint density at radius 1 is 0.778 bits per heavy atom. The molecule has 2 N–H and O–H groups in total. The molecule has 0 saturated carbocycles. The van der Waals surface area contributed by atoms with E-state index in [9.17, 15) is 9.59 Å². The Kier molecular flexibility index (Phi) is 6.24. The normalized spacial score (nSPS) is 11.5. The Morgan fingerprint density at radius 2 is 1.37 bits per heavy atom. The Labute approximate surface area is 172 Å². The first-order valence-electron chi connectivity index (χ1n) is 8.57. The predicted octanol–water partition coefficient (Wildman–Crippen LogP) is 5.03. The van der Waals surface area contributed by atoms with Crippen molar-refractivity contribution in [2.24, 2.45) is 0 Å². The Hall–Kier alpha value is -2.67. The Bertz CT molecular complexity index is 957. The van der Waals surface area contributed by atoms with Gasteiger partial charge in [-0.3, -0.25) is 9.59 Å². The van der Waals surface area contributed by atoms with Crippen LogP contribution in [0.15, 0.2) is 78.9 Å². The average Bonchev–Trinajstić information content (AvgIpc) is 2.69. The molecule has 2 amide bonds. The second-order valence-electron chi connectivity index (χ2n) is 6.09. The van der Waals surface area contributed by atoms with Crippen LogP contribution in [0.2, 0.25) is 0 Å². The number of hydrogen-bond acceptors (Lipinski definition) is 2. The summed E-state index contributed by atoms with van der Waals surface area (Å²) in [6, 6.07) is 24.0. The van der Waals surface area contributed by atoms with Gasteiger partial charge in [0.15, 0.2) is 0 Å². The maximum atomic E-state index is 12.8. The molecule has 27 heavy (non-hydrogen) atoms. The lowest BCUT2D eigenvalue weighted by molar-refractivity contribution is 0.0941. The van der Waals surface area contributed by atoms with Gasteiger partial charge in [-0.2, -0.15) is 0 Å². The number of halogens is 1. The number of benzene rings is 3. The molecule has 1 unspecified atom stereocenters. The molecule has 5 heteroatoms. The highest BCUT2D eigenvalue weighted by molar-refractivity contribution is 14.1. The third kappa shape index (κ3) is 4.74. The smallest absolute Gasteiger partial charge is 0.256 e. The molecular formula is C22H19IN2O2. The van der Waals surface area contributed by atoms with Gasteiger partial charge in [0, 0.05) is 3.57 Å². The van der Waals surface area contributed by atoms with Crippen molar-refractivity contribution in [1.82, 2.24) is 5.32 Å². The number of carbonyl (C=O) groups excluding carboxylic acids is 2. The molecule has 0 radical (unpaired) electrons. The number of amides is 2. The van der Waals surface area contributed by atoms with Crippen molar-refractivity contribution in [3.63, 3.8) is 0 Å². The molecule has 0 aliphatic heterocycles. The fourth-order valence-electron chi connectivity index (χ4n) is 2.72. The van der Waals surface area contributed by atoms with Crippen LogP contribution in [0, 0.1) is 3.57 Å². The summed E-state index contributed by atoms with van der Waals surface area (Å²) in [4.78, 5) is 25.4. The summed E-state index contributed by atoms with van der Waals surface area (Å²) in [7, 11) is 0. The molecule has 0 fully saturated rings. The lowest BCUT2D eigenvalue weighted by Crippen LogP contribution is -2.28. The summed E-state index contributed by atoms with van der Waals surface area (Å²) < 4.78 is 0.854. The SMILES string of the molecule is CC(NC(=O)c1ccccc1NC(=O)c1ccccc1I)c1ccccc1. The zero-order chi connectivity index (χ0) is 19.2. The lowest BCUT2D eigenvalue weighted by Gasteiger charge is -2.16. The molecule has 1 atom stereocenters. The number of nitrogens with one attached hydrogen (secondary N) is 2. The van der Waals surface area contributed by atoms with Crippen LogP contribution in [-0.4, -0.2) is 11.8 Å². The fourth-order valence-corrected chi connectivity index (χ4v) is 3.36. The van der Waals surface area contributed by atoms with E-state index in [1.54, 1.807) is 30.3 Å². The van der Waals surface area contributed by atoms with Gasteiger partial charge < -0.3 is 10.6 Å². The molecule has 4 nitrogen and oxygen atoms in total. The van der Waals surface area contributed by atoms with Gasteiger partial charge in [-0.1, -0.05) is 54.6 Å². The second-order valence-corrected chi connectivity index (χ2v) is 7.25. The summed E-state index contributed by atoms with van der Waals surface area (Å²) in [6.45, 7) is 1.93. The molecule has 0 aromatic heterocycles. The quantitative estimate of drug-likeness (QED) is 0.514. The van der Waals surface area contributed by atoms with Crippen molar-refractivity contribution < 1.29 is 9.59 Å². The Balaban J connectivity index is 1.78. The minimum Gasteiger partial charge on any atom is -0.345 e. The van der Waals surface area contributed by atoms with E-state index < -0.39 is 0 Å². The van der Waals surface area contributed by atoms with Gasteiger partial charge in [-0.05, 0) is 59.3 Å². The van der Waals surface area contributed by atoms with Gasteiger partial charge in [0.05, 0.1) is 22.9 Å². The fraction of sp³-hybridized carbons (Fsp3) is 0.0909. The molecule has 3 rings (SSSR count). The van der Waals surface area contributed by atoms with Crippen LogP contribution >= 0.6 is 22.6 Å². The van der Waals surface area contributed by atoms with Crippen LogP contribution in [-0.2, 0) is 0 Å². The van der Waals surface area contributed by atoms with Gasteiger partial charge in [0.1, 0.15) is 0 Å². The number of anilines is 1. The predicted molar refractivity (Wildman–Crippen MR) is 116 cm³/mol. The maximum Gasteiger partial charge on any atom is 0.256 e. The Morgan fingerprint density at radius 3 is 2.07 bits per heavy atom. The first-order chi connectivity index (χ1) is 13.1. The van der Waals surface area contributed by atoms with Crippen molar-refractivity contribution in [3.05, 3.63) is 99.1 Å². The zero-order valence-electron chi connectivity index (χ0n) is 14.8. The topological polar surface area (TPSA) is 58.2 Å². The third-order valence-corrected chi connectivity index (χ3v) is 5.13. The summed E-state index contributed by atoms with van der Waals surface area (Å²) in [5.41, 5.74) is 2.51. The van der Waals surface area contributed by atoms with Crippen molar-refractivity contribution >= 4 is 40.1 Å². The van der Waals surface area contributed by atoms with Crippen LogP contribution in [0.4, 0.5) is 5.69 Å². The van der Waals surface area contributed by atoms with Crippen LogP contribution < -0.4 is 10.6 Å². The average molecular weight is 470 g/mol. The summed E-state index contributed by atoms with van der Waals surface area (Å²) >= 11 is 2.12. The van der Waals surface area contributed by atoms with Gasteiger partial charge >= 0.3 is 0 Å². The van der Waals surface area contributed by atoms with Crippen LogP contribution in [0.5, 0.6) is 0 Å². The van der Waals surface area contributed by atoms with Crippen molar-refractivity contribution in [3.8, 4) is 0 Å². The van der Waals surface area contributed by atoms with E-state index in [-0.39, 0.29) is 17.9 Å². The highest BCUT2D eigenvalue weighted by atomic mass is 127. The van der Waals surface area contributed by atoms with E-state index in [1.165, 1.54) is 0 Å². The van der Waals surface area contributed by atoms with Gasteiger partial charge in [0.25, 0.3) is 11.8 Å². The van der Waals surface area contributed by atoms with E-state index in [1.807, 2.05) is 55.5 Å². The minimum atomic E-state index is -0.239. The van der Waals surface area contributed by atoms with Crippen LogP contribution in [0.25, 0.3) is 0 Å². The van der Waals surface area contributed by atoms with E-state index >= 15 is 0 Å². The molecule has 0 aliphatic rings. The first kappa shape index (κ1) is 19.1. The molecule has 0 saturated heterocycles. The van der Waals surface area contributed by atoms with E-state index in [2.05, 4.69) is 33.2 Å². The molecule has 0 heterocycles. The number of rotatable bonds is 5. The monoisotopic (exact) mass is 470 g/mol. The lowest BCUT2D eigenvalue weighted by atomic mass is 10.1. The third-order valence-electron chi connectivity index (χ3n) is 4.19. The van der Waals surface area contributed by atoms with Gasteiger partial charge in [-0.25, -0.2) is 0 Å². The standard InChI is InChI=1S/C22H19IN2O2/c1-15(16-9-3-2-4-10-16)24-22(27)18-12-6-8-14-20(18)25-21(26)17-11-5-7-13-19(17)23/h2-15H,1H3,(H,24,27)(H,25,26). The van der Waals surface area contributed by atoms with Gasteiger partial charge in [0.2, 0.25) is 0 Å². The van der Waals surface area contributed by atoms with Crippen molar-refractivity contribution in [1.29, 1.82) is 0 Å². The largest absolute Gasteiger partial charge is 0.345 e. The molecule has 0 spiro atoms. The zero-order valence-corrected chi connectivity index (χ0v) is 16.9. The number of para-hydroxylation sites is 1. The van der Waals surface area contributed by atoms with E-state index in [0.29, 0.717) is 16.8 Å². The molecular weight excluding hydrogens is 451 g/mol. The molecule has 136 valence electrons. The highest BCUT2D eigenvalue weighted by Gasteiger charge is 2.17. The van der Waals surface area contributed by atoms with Crippen LogP contribution in [0.1, 0.15) is 39.2 Å². The number of carbonyl (C=O) groups is 2. The molecule has 3 aromatic carbocycles. The van der Waals surface area contributed by atoms with Crippen molar-refractivity contribution in [2.45, 2.75) is 13.0 Å². The molecule has 3 aromatic rings. The summed E-state index contributed by atoms with van der Waals surface area (Å²) in [5.74, 6) is -0.471. The van der Waals surface area contributed by atoms with E-state index in [4.69, 9.17) is 0 Å². The summed E-state index contributed by atoms with van der Waals surface area (Å²) in [5, 5.41) is 5.84. The number of hydrogen-bond donors (Lipinski definition) is 2.